The number of likely N-dealkylation sites (N-methyl/N-ethyl adjacent to an activating group) is 1. The van der Waals surface area contributed by atoms with E-state index >= 15 is 0 Å². The van der Waals surface area contributed by atoms with E-state index in [0.29, 0.717) is 12.6 Å². The predicted molar refractivity (Wildman–Crippen MR) is 100.0 cm³/mol. The molecule has 2 aromatic carbocycles. The molecule has 4 nitrogen and oxygen atoms in total. The highest BCUT2D eigenvalue weighted by Gasteiger charge is 2.44. The number of nitrogens with zero attached hydrogens (tertiary/aromatic N) is 1. The number of carbonyl (C=O) groups is 2. The summed E-state index contributed by atoms with van der Waals surface area (Å²) in [6, 6.07) is 8.99. The lowest BCUT2D eigenvalue weighted by Crippen LogP contribution is -2.33. The van der Waals surface area contributed by atoms with Crippen LogP contribution < -0.4 is 5.32 Å². The molecule has 0 spiro atoms. The smallest absolute Gasteiger partial charge is 0.237 e. The second-order valence-electron chi connectivity index (χ2n) is 6.92. The molecule has 1 fully saturated rings. The summed E-state index contributed by atoms with van der Waals surface area (Å²) in [4.78, 5) is 26.7. The topological polar surface area (TPSA) is 49.4 Å². The third-order valence-corrected chi connectivity index (χ3v) is 4.90. The van der Waals surface area contributed by atoms with Crippen molar-refractivity contribution in [3.8, 4) is 0 Å². The first-order valence-corrected chi connectivity index (χ1v) is 8.66. The second-order valence-corrected chi connectivity index (χ2v) is 6.92. The number of hydrogen-bond donors (Lipinski definition) is 1. The van der Waals surface area contributed by atoms with E-state index in [2.05, 4.69) is 11.9 Å². The molecule has 0 aromatic heterocycles. The largest absolute Gasteiger partial charge is 0.344 e. The Morgan fingerprint density at radius 2 is 1.89 bits per heavy atom. The van der Waals surface area contributed by atoms with E-state index in [9.17, 15) is 22.8 Å². The van der Waals surface area contributed by atoms with Crippen LogP contribution in [0, 0.1) is 23.4 Å². The van der Waals surface area contributed by atoms with Gasteiger partial charge in [0.2, 0.25) is 11.8 Å². The number of hydrogen-bond acceptors (Lipinski definition) is 2. The Hall–Kier alpha value is -3.09. The molecule has 3 rings (SSSR count). The van der Waals surface area contributed by atoms with Crippen molar-refractivity contribution in [3.63, 3.8) is 0 Å². The van der Waals surface area contributed by atoms with Gasteiger partial charge in [0.25, 0.3) is 0 Å². The van der Waals surface area contributed by atoms with Crippen LogP contribution in [0.25, 0.3) is 5.57 Å². The second kappa shape index (κ2) is 7.50. The van der Waals surface area contributed by atoms with E-state index in [0.717, 1.165) is 22.8 Å². The monoisotopic (exact) mass is 388 g/mol. The van der Waals surface area contributed by atoms with Crippen molar-refractivity contribution in [2.24, 2.45) is 5.92 Å². The highest BCUT2D eigenvalue weighted by atomic mass is 19.2. The Bertz CT molecular complexity index is 974. The molecule has 0 aliphatic carbocycles. The SMILES string of the molecule is C=C(C)c1cccc([C@H]2CN(C)C(=O)[C@@H]2C(=O)Nc2ccc(F)c(F)c2F)c1. The lowest BCUT2D eigenvalue weighted by Gasteiger charge is -2.18. The summed E-state index contributed by atoms with van der Waals surface area (Å²) in [6.45, 7) is 6.04. The summed E-state index contributed by atoms with van der Waals surface area (Å²) in [5, 5.41) is 2.22. The first-order chi connectivity index (χ1) is 13.2. The van der Waals surface area contributed by atoms with E-state index in [1.807, 2.05) is 31.2 Å². The fourth-order valence-electron chi connectivity index (χ4n) is 3.36. The van der Waals surface area contributed by atoms with Gasteiger partial charge in [0, 0.05) is 19.5 Å². The van der Waals surface area contributed by atoms with E-state index < -0.39 is 46.8 Å². The Kier molecular flexibility index (Phi) is 5.27. The van der Waals surface area contributed by atoms with E-state index in [4.69, 9.17) is 0 Å². The van der Waals surface area contributed by atoms with Crippen LogP contribution in [0.3, 0.4) is 0 Å². The molecule has 0 unspecified atom stereocenters. The van der Waals surface area contributed by atoms with E-state index in [-0.39, 0.29) is 0 Å². The molecule has 2 amide bonds. The van der Waals surface area contributed by atoms with Crippen LogP contribution in [0.5, 0.6) is 0 Å². The number of rotatable bonds is 4. The minimum absolute atomic E-state index is 0.302. The fraction of sp³-hybridized carbons (Fsp3) is 0.238. The molecule has 1 aliphatic heterocycles. The number of carbonyl (C=O) groups excluding carboxylic acids is 2. The molecule has 2 atom stereocenters. The lowest BCUT2D eigenvalue weighted by molar-refractivity contribution is -0.135. The minimum Gasteiger partial charge on any atom is -0.344 e. The van der Waals surface area contributed by atoms with E-state index in [1.54, 1.807) is 7.05 Å². The molecule has 1 saturated heterocycles. The molecule has 0 radical (unpaired) electrons. The summed E-state index contributed by atoms with van der Waals surface area (Å²) in [6.07, 6.45) is 0. The van der Waals surface area contributed by atoms with Crippen molar-refractivity contribution in [2.45, 2.75) is 12.8 Å². The number of allylic oxidation sites excluding steroid dienone is 1. The summed E-state index contributed by atoms with van der Waals surface area (Å²) in [5.74, 6) is -7.33. The van der Waals surface area contributed by atoms with Gasteiger partial charge in [-0.25, -0.2) is 13.2 Å². The van der Waals surface area contributed by atoms with Crippen LogP contribution in [0.1, 0.15) is 24.0 Å². The molecule has 2 aromatic rings. The maximum Gasteiger partial charge on any atom is 0.237 e. The molecule has 1 heterocycles. The zero-order valence-electron chi connectivity index (χ0n) is 15.4. The van der Waals surface area contributed by atoms with Gasteiger partial charge in [-0.1, -0.05) is 36.4 Å². The number of amides is 2. The van der Waals surface area contributed by atoms with Gasteiger partial charge in [-0.3, -0.25) is 9.59 Å². The van der Waals surface area contributed by atoms with Gasteiger partial charge in [-0.15, -0.1) is 0 Å². The Morgan fingerprint density at radius 3 is 2.57 bits per heavy atom. The van der Waals surface area contributed by atoms with Crippen molar-refractivity contribution in [1.82, 2.24) is 4.90 Å². The third-order valence-electron chi connectivity index (χ3n) is 4.90. The summed E-state index contributed by atoms with van der Waals surface area (Å²) in [5.41, 5.74) is 1.97. The first-order valence-electron chi connectivity index (χ1n) is 8.66. The van der Waals surface area contributed by atoms with Crippen LogP contribution in [-0.2, 0) is 9.59 Å². The predicted octanol–water partition coefficient (Wildman–Crippen LogP) is 3.95. The van der Waals surface area contributed by atoms with Crippen LogP contribution in [0.2, 0.25) is 0 Å². The zero-order chi connectivity index (χ0) is 20.6. The van der Waals surface area contributed by atoms with Crippen molar-refractivity contribution >= 4 is 23.1 Å². The molecule has 0 saturated carbocycles. The van der Waals surface area contributed by atoms with Gasteiger partial charge in [0.15, 0.2) is 17.5 Å². The number of benzene rings is 2. The summed E-state index contributed by atoms with van der Waals surface area (Å²) < 4.78 is 40.4. The minimum atomic E-state index is -1.68. The van der Waals surface area contributed by atoms with Gasteiger partial charge in [0.05, 0.1) is 5.69 Å². The first kappa shape index (κ1) is 19.7. The van der Waals surface area contributed by atoms with Crippen LogP contribution in [-0.4, -0.2) is 30.3 Å². The van der Waals surface area contributed by atoms with Gasteiger partial charge in [-0.05, 0) is 30.2 Å². The average Bonchev–Trinajstić information content (AvgIpc) is 2.97. The standard InChI is InChI=1S/C21H19F3N2O2/c1-11(2)12-5-4-6-13(9-12)14-10-26(3)21(28)17(14)20(27)25-16-8-7-15(22)18(23)19(16)24/h4-9,14,17H,1,10H2,2-3H3,(H,25,27)/t14-,17+/m1/s1. The highest BCUT2D eigenvalue weighted by molar-refractivity contribution is 6.08. The quantitative estimate of drug-likeness (QED) is 0.637. The normalized spacial score (nSPS) is 19.0. The maximum absolute atomic E-state index is 13.9. The van der Waals surface area contributed by atoms with Crippen LogP contribution in [0.4, 0.5) is 18.9 Å². The van der Waals surface area contributed by atoms with Gasteiger partial charge in [-0.2, -0.15) is 0 Å². The van der Waals surface area contributed by atoms with Crippen molar-refractivity contribution < 1.29 is 22.8 Å². The Labute approximate surface area is 160 Å². The molecule has 0 bridgehead atoms. The molecule has 28 heavy (non-hydrogen) atoms. The summed E-state index contributed by atoms with van der Waals surface area (Å²) >= 11 is 0. The number of anilines is 1. The van der Waals surface area contributed by atoms with Gasteiger partial charge < -0.3 is 10.2 Å². The molecule has 146 valence electrons. The lowest BCUT2D eigenvalue weighted by atomic mass is 9.86. The van der Waals surface area contributed by atoms with Crippen molar-refractivity contribution in [1.29, 1.82) is 0 Å². The number of nitrogens with one attached hydrogen (secondary N) is 1. The Balaban J connectivity index is 1.92. The van der Waals surface area contributed by atoms with Gasteiger partial charge in [0.1, 0.15) is 5.92 Å². The third kappa shape index (κ3) is 3.52. The average molecular weight is 388 g/mol. The summed E-state index contributed by atoms with van der Waals surface area (Å²) in [7, 11) is 1.57. The molecule has 1 N–H and O–H groups in total. The van der Waals surface area contributed by atoms with E-state index in [1.165, 1.54) is 4.90 Å². The van der Waals surface area contributed by atoms with Crippen LogP contribution in [0.15, 0.2) is 43.0 Å². The highest BCUT2D eigenvalue weighted by Crippen LogP contribution is 2.35. The number of likely N-dealkylation sites (tertiary alicyclic amines) is 1. The molecule has 1 aliphatic rings. The Morgan fingerprint density at radius 1 is 1.18 bits per heavy atom. The molecular weight excluding hydrogens is 369 g/mol. The van der Waals surface area contributed by atoms with Crippen molar-refractivity contribution in [2.75, 3.05) is 18.9 Å². The zero-order valence-corrected chi connectivity index (χ0v) is 15.4. The molecule has 7 heteroatoms. The fourth-order valence-corrected chi connectivity index (χ4v) is 3.36. The van der Waals surface area contributed by atoms with Crippen LogP contribution >= 0.6 is 0 Å². The van der Waals surface area contributed by atoms with Crippen molar-refractivity contribution in [3.05, 3.63) is 71.6 Å². The number of halogens is 3. The molecular formula is C21H19F3N2O2. The maximum atomic E-state index is 13.9. The van der Waals surface area contributed by atoms with Gasteiger partial charge >= 0.3 is 0 Å².